The summed E-state index contributed by atoms with van der Waals surface area (Å²) in [5.41, 5.74) is 5.10. The van der Waals surface area contributed by atoms with E-state index in [0.29, 0.717) is 17.9 Å². The number of nitrogens with zero attached hydrogens (tertiary/aromatic N) is 6. The summed E-state index contributed by atoms with van der Waals surface area (Å²) in [4.78, 5) is 8.82. The molecule has 32 heavy (non-hydrogen) atoms. The number of hydrogen-bond acceptors (Lipinski definition) is 5. The summed E-state index contributed by atoms with van der Waals surface area (Å²) in [5, 5.41) is 19.8. The average Bonchev–Trinajstić information content (AvgIpc) is 3.28. The van der Waals surface area contributed by atoms with E-state index >= 15 is 0 Å². The normalized spacial score (nSPS) is 11.8. The summed E-state index contributed by atoms with van der Waals surface area (Å²) in [7, 11) is 1.90. The Morgan fingerprint density at radius 1 is 1.06 bits per heavy atom. The maximum absolute atomic E-state index is 13.4. The van der Waals surface area contributed by atoms with Crippen LogP contribution in [-0.4, -0.2) is 34.6 Å². The van der Waals surface area contributed by atoms with E-state index in [1.807, 2.05) is 30.8 Å². The molecule has 166 valence electrons. The van der Waals surface area contributed by atoms with Crippen LogP contribution in [0.25, 0.3) is 17.1 Å². The molecule has 0 bridgehead atoms. The molecule has 8 heteroatoms. The van der Waals surface area contributed by atoms with E-state index in [1.54, 1.807) is 30.7 Å². The molecule has 0 atom stereocenters. The van der Waals surface area contributed by atoms with Crippen molar-refractivity contribution in [1.29, 1.82) is 0 Å². The maximum atomic E-state index is 13.4. The van der Waals surface area contributed by atoms with Crippen LogP contribution in [0.2, 0.25) is 0 Å². The third-order valence-corrected chi connectivity index (χ3v) is 5.43. The maximum Gasteiger partial charge on any atom is 0.157 e. The summed E-state index contributed by atoms with van der Waals surface area (Å²) in [5.74, 6) is 0.329. The van der Waals surface area contributed by atoms with Gasteiger partial charge >= 0.3 is 0 Å². The Kier molecular flexibility index (Phi) is 5.64. The molecule has 0 unspecified atom stereocenters. The second-order valence-electron chi connectivity index (χ2n) is 8.44. The first-order valence-corrected chi connectivity index (χ1v) is 10.6. The Hall–Kier alpha value is -3.39. The zero-order valence-electron chi connectivity index (χ0n) is 19.0. The van der Waals surface area contributed by atoms with Gasteiger partial charge in [-0.25, -0.2) is 19.0 Å². The van der Waals surface area contributed by atoms with E-state index in [2.05, 4.69) is 22.0 Å². The van der Waals surface area contributed by atoms with E-state index in [4.69, 9.17) is 5.10 Å². The molecule has 0 radical (unpaired) electrons. The molecule has 0 fully saturated rings. The van der Waals surface area contributed by atoms with Crippen molar-refractivity contribution >= 4 is 0 Å². The van der Waals surface area contributed by atoms with Crippen LogP contribution in [0.15, 0.2) is 42.7 Å². The minimum atomic E-state index is -1.06. The molecule has 0 spiro atoms. The molecule has 0 aliphatic heterocycles. The molecule has 0 amide bonds. The molecular formula is C24H27FN6O. The highest BCUT2D eigenvalue weighted by Gasteiger charge is 2.24. The van der Waals surface area contributed by atoms with Crippen LogP contribution >= 0.6 is 0 Å². The lowest BCUT2D eigenvalue weighted by Crippen LogP contribution is -2.21. The predicted molar refractivity (Wildman–Crippen MR) is 120 cm³/mol. The van der Waals surface area contributed by atoms with Crippen molar-refractivity contribution in [2.75, 3.05) is 0 Å². The number of halogens is 1. The Morgan fingerprint density at radius 2 is 1.78 bits per heavy atom. The largest absolute Gasteiger partial charge is 0.384 e. The van der Waals surface area contributed by atoms with Crippen LogP contribution in [-0.2, 0) is 25.5 Å². The minimum Gasteiger partial charge on any atom is -0.384 e. The van der Waals surface area contributed by atoms with Gasteiger partial charge in [-0.1, -0.05) is 6.92 Å². The highest BCUT2D eigenvalue weighted by Crippen LogP contribution is 2.28. The summed E-state index contributed by atoms with van der Waals surface area (Å²) in [6.45, 7) is 7.41. The van der Waals surface area contributed by atoms with Crippen LogP contribution in [0, 0.1) is 12.7 Å². The SMILES string of the molecule is CCc1c(Cc2cc(-n3nc(C)cc3C(C)(C)O)ncn2)nn(C)c1-c1ccc(F)cc1. The Morgan fingerprint density at radius 3 is 2.44 bits per heavy atom. The number of aryl methyl sites for hydroxylation is 2. The third-order valence-electron chi connectivity index (χ3n) is 5.43. The van der Waals surface area contributed by atoms with Crippen LogP contribution in [0.5, 0.6) is 0 Å². The van der Waals surface area contributed by atoms with Gasteiger partial charge in [-0.15, -0.1) is 0 Å². The van der Waals surface area contributed by atoms with Crippen molar-refractivity contribution in [3.63, 3.8) is 0 Å². The Balaban J connectivity index is 1.71. The fourth-order valence-corrected chi connectivity index (χ4v) is 3.99. The van der Waals surface area contributed by atoms with Crippen molar-refractivity contribution in [3.8, 4) is 17.1 Å². The Bertz CT molecular complexity index is 1250. The van der Waals surface area contributed by atoms with Crippen LogP contribution in [0.4, 0.5) is 4.39 Å². The number of hydrogen-bond donors (Lipinski definition) is 1. The summed E-state index contributed by atoms with van der Waals surface area (Å²) >= 11 is 0. The van der Waals surface area contributed by atoms with E-state index in [-0.39, 0.29) is 5.82 Å². The van der Waals surface area contributed by atoms with Crippen molar-refractivity contribution in [2.24, 2.45) is 7.05 Å². The molecule has 0 aliphatic rings. The number of benzene rings is 1. The highest BCUT2D eigenvalue weighted by atomic mass is 19.1. The molecule has 4 rings (SSSR count). The minimum absolute atomic E-state index is 0.262. The first-order valence-electron chi connectivity index (χ1n) is 10.6. The lowest BCUT2D eigenvalue weighted by molar-refractivity contribution is 0.0710. The smallest absolute Gasteiger partial charge is 0.157 e. The standard InChI is InChI=1S/C24H27FN6O/c1-6-19-20(29-30(5)23(19)16-7-9-17(25)10-8-16)12-18-13-22(27-14-26-18)31-21(24(3,4)32)11-15(2)28-31/h7-11,13-14,32H,6,12H2,1-5H3. The van der Waals surface area contributed by atoms with Gasteiger partial charge in [-0.2, -0.15) is 10.2 Å². The molecule has 0 saturated heterocycles. The van der Waals surface area contributed by atoms with Crippen LogP contribution < -0.4 is 0 Å². The van der Waals surface area contributed by atoms with Gasteiger partial charge in [0.1, 0.15) is 17.7 Å². The van der Waals surface area contributed by atoms with E-state index in [0.717, 1.165) is 40.3 Å². The molecule has 3 aromatic heterocycles. The average molecular weight is 435 g/mol. The quantitative estimate of drug-likeness (QED) is 0.498. The number of aromatic nitrogens is 6. The lowest BCUT2D eigenvalue weighted by atomic mass is 10.0. The molecule has 0 saturated carbocycles. The molecule has 1 aromatic carbocycles. The fourth-order valence-electron chi connectivity index (χ4n) is 3.99. The van der Waals surface area contributed by atoms with Gasteiger partial charge in [0.15, 0.2) is 5.82 Å². The first kappa shape index (κ1) is 21.8. The number of rotatable bonds is 6. The van der Waals surface area contributed by atoms with Gasteiger partial charge in [0.25, 0.3) is 0 Å². The van der Waals surface area contributed by atoms with Crippen molar-refractivity contribution in [1.82, 2.24) is 29.5 Å². The van der Waals surface area contributed by atoms with Gasteiger partial charge < -0.3 is 5.11 Å². The van der Waals surface area contributed by atoms with Crippen molar-refractivity contribution < 1.29 is 9.50 Å². The summed E-state index contributed by atoms with van der Waals surface area (Å²) in [6.07, 6.45) is 2.81. The molecule has 0 aliphatic carbocycles. The van der Waals surface area contributed by atoms with Crippen LogP contribution in [0.1, 0.15) is 49.1 Å². The lowest BCUT2D eigenvalue weighted by Gasteiger charge is -2.18. The predicted octanol–water partition coefficient (Wildman–Crippen LogP) is 3.89. The van der Waals surface area contributed by atoms with Gasteiger partial charge in [-0.3, -0.25) is 4.68 Å². The van der Waals surface area contributed by atoms with Gasteiger partial charge in [-0.05, 0) is 57.5 Å². The second kappa shape index (κ2) is 8.27. The molecule has 1 N–H and O–H groups in total. The highest BCUT2D eigenvalue weighted by molar-refractivity contribution is 5.65. The molecular weight excluding hydrogens is 407 g/mol. The monoisotopic (exact) mass is 434 g/mol. The van der Waals surface area contributed by atoms with E-state index < -0.39 is 5.60 Å². The summed E-state index contributed by atoms with van der Waals surface area (Å²) < 4.78 is 16.9. The van der Waals surface area contributed by atoms with Gasteiger partial charge in [0.2, 0.25) is 0 Å². The fraction of sp³-hybridized carbons (Fsp3) is 0.333. The zero-order chi connectivity index (χ0) is 23.0. The third kappa shape index (κ3) is 4.18. The molecule has 7 nitrogen and oxygen atoms in total. The van der Waals surface area contributed by atoms with E-state index in [1.165, 1.54) is 18.5 Å². The van der Waals surface area contributed by atoms with Gasteiger partial charge in [0, 0.05) is 30.7 Å². The first-order chi connectivity index (χ1) is 15.2. The summed E-state index contributed by atoms with van der Waals surface area (Å²) in [6, 6.07) is 10.2. The zero-order valence-corrected chi connectivity index (χ0v) is 19.0. The Labute approximate surface area is 186 Å². The van der Waals surface area contributed by atoms with Gasteiger partial charge in [0.05, 0.1) is 28.5 Å². The van der Waals surface area contributed by atoms with Crippen molar-refractivity contribution in [2.45, 2.75) is 46.1 Å². The molecule has 3 heterocycles. The van der Waals surface area contributed by atoms with Crippen molar-refractivity contribution in [3.05, 3.63) is 76.9 Å². The second-order valence-corrected chi connectivity index (χ2v) is 8.44. The number of aliphatic hydroxyl groups is 1. The molecule has 4 aromatic rings. The van der Waals surface area contributed by atoms with E-state index in [9.17, 15) is 9.50 Å². The van der Waals surface area contributed by atoms with Crippen LogP contribution in [0.3, 0.4) is 0 Å². The topological polar surface area (TPSA) is 81.7 Å².